The maximum absolute atomic E-state index is 13.7. The van der Waals surface area contributed by atoms with Crippen LogP contribution in [0.5, 0.6) is 5.75 Å². The Bertz CT molecular complexity index is 1170. The van der Waals surface area contributed by atoms with Crippen molar-refractivity contribution in [2.75, 3.05) is 13.2 Å². The topological polar surface area (TPSA) is 58.6 Å². The molecule has 5 nitrogen and oxygen atoms in total. The standard InChI is InChI=1S/C27H26N2O3/c1-2-32-23-14-8-4-10-19(23)17-28-26(30)24-21-12-6-7-13-22(21)27(31)29-16-15-18-9-3-5-11-20(18)25(24)29/h3-14,24-25H,2,15-17H2,1H3,(H,28,30)/t24-,25-/m0/s1. The summed E-state index contributed by atoms with van der Waals surface area (Å²) < 4.78 is 5.71. The molecule has 2 aliphatic heterocycles. The van der Waals surface area contributed by atoms with E-state index < -0.39 is 5.92 Å². The average Bonchev–Trinajstić information content (AvgIpc) is 2.84. The van der Waals surface area contributed by atoms with Gasteiger partial charge in [-0.3, -0.25) is 9.59 Å². The number of ether oxygens (including phenoxy) is 1. The monoisotopic (exact) mass is 426 g/mol. The van der Waals surface area contributed by atoms with Crippen molar-refractivity contribution in [1.82, 2.24) is 10.2 Å². The summed E-state index contributed by atoms with van der Waals surface area (Å²) in [5.41, 5.74) is 4.63. The van der Waals surface area contributed by atoms with Gasteiger partial charge in [0.1, 0.15) is 5.75 Å². The van der Waals surface area contributed by atoms with Gasteiger partial charge in [-0.25, -0.2) is 0 Å². The first-order valence-corrected chi connectivity index (χ1v) is 11.1. The number of fused-ring (bicyclic) bond motifs is 4. The van der Waals surface area contributed by atoms with Crippen molar-refractivity contribution in [3.05, 3.63) is 101 Å². The third kappa shape index (κ3) is 3.44. The minimum absolute atomic E-state index is 0.00541. The predicted octanol–water partition coefficient (Wildman–Crippen LogP) is 4.24. The summed E-state index contributed by atoms with van der Waals surface area (Å²) in [5, 5.41) is 3.13. The maximum atomic E-state index is 13.7. The van der Waals surface area contributed by atoms with E-state index >= 15 is 0 Å². The molecule has 2 aliphatic rings. The number of benzene rings is 3. The quantitative estimate of drug-likeness (QED) is 0.664. The lowest BCUT2D eigenvalue weighted by Gasteiger charge is -2.45. The lowest BCUT2D eigenvalue weighted by Crippen LogP contribution is -2.50. The largest absolute Gasteiger partial charge is 0.494 e. The summed E-state index contributed by atoms with van der Waals surface area (Å²) in [6.07, 6.45) is 0.802. The van der Waals surface area contributed by atoms with Crippen molar-refractivity contribution < 1.29 is 14.3 Å². The molecule has 162 valence electrons. The van der Waals surface area contributed by atoms with Crippen molar-refractivity contribution in [3.8, 4) is 5.75 Å². The molecule has 1 N–H and O–H groups in total. The molecule has 0 spiro atoms. The van der Waals surface area contributed by atoms with Crippen molar-refractivity contribution >= 4 is 11.8 Å². The molecule has 2 atom stereocenters. The summed E-state index contributed by atoms with van der Waals surface area (Å²) >= 11 is 0. The minimum atomic E-state index is -0.468. The fourth-order valence-electron chi connectivity index (χ4n) is 5.00. The molecule has 0 unspecified atom stereocenters. The number of rotatable bonds is 5. The third-order valence-electron chi connectivity index (χ3n) is 6.44. The zero-order chi connectivity index (χ0) is 22.1. The van der Waals surface area contributed by atoms with Crippen molar-refractivity contribution in [1.29, 1.82) is 0 Å². The van der Waals surface area contributed by atoms with Crippen LogP contribution in [0.4, 0.5) is 0 Å². The van der Waals surface area contributed by atoms with Crippen molar-refractivity contribution in [2.45, 2.75) is 31.8 Å². The molecular formula is C27H26N2O3. The molecule has 0 aliphatic carbocycles. The van der Waals surface area contributed by atoms with Gasteiger partial charge >= 0.3 is 0 Å². The molecule has 2 heterocycles. The van der Waals surface area contributed by atoms with E-state index in [2.05, 4.69) is 17.4 Å². The Balaban J connectivity index is 1.51. The Morgan fingerprint density at radius 1 is 1.00 bits per heavy atom. The third-order valence-corrected chi connectivity index (χ3v) is 6.44. The molecule has 5 heteroatoms. The average molecular weight is 427 g/mol. The zero-order valence-corrected chi connectivity index (χ0v) is 18.1. The fourth-order valence-corrected chi connectivity index (χ4v) is 5.00. The van der Waals surface area contributed by atoms with E-state index in [4.69, 9.17) is 4.74 Å². The number of nitrogens with zero attached hydrogens (tertiary/aromatic N) is 1. The SMILES string of the molecule is CCOc1ccccc1CNC(=O)[C@H]1c2ccccc2C(=O)N2CCc3ccccc3[C@@H]12. The van der Waals surface area contributed by atoms with Crippen LogP contribution in [0.15, 0.2) is 72.8 Å². The number of amides is 2. The van der Waals surface area contributed by atoms with Crippen LogP contribution >= 0.6 is 0 Å². The van der Waals surface area contributed by atoms with E-state index in [1.165, 1.54) is 5.56 Å². The predicted molar refractivity (Wildman–Crippen MR) is 123 cm³/mol. The number of para-hydroxylation sites is 1. The van der Waals surface area contributed by atoms with Crippen molar-refractivity contribution in [3.63, 3.8) is 0 Å². The summed E-state index contributed by atoms with van der Waals surface area (Å²) in [4.78, 5) is 28.9. The van der Waals surface area contributed by atoms with Gasteiger partial charge in [-0.05, 0) is 42.2 Å². The Morgan fingerprint density at radius 3 is 2.56 bits per heavy atom. The lowest BCUT2D eigenvalue weighted by molar-refractivity contribution is -0.124. The highest BCUT2D eigenvalue weighted by atomic mass is 16.5. The van der Waals surface area contributed by atoms with Gasteiger partial charge in [0.15, 0.2) is 0 Å². The molecule has 0 radical (unpaired) electrons. The molecule has 3 aromatic carbocycles. The zero-order valence-electron chi connectivity index (χ0n) is 18.1. The van der Waals surface area contributed by atoms with Crippen LogP contribution in [0, 0.1) is 0 Å². The Morgan fingerprint density at radius 2 is 1.72 bits per heavy atom. The number of hydrogen-bond acceptors (Lipinski definition) is 3. The van der Waals surface area contributed by atoms with E-state index in [1.807, 2.05) is 72.5 Å². The van der Waals surface area contributed by atoms with Gasteiger partial charge in [0.2, 0.25) is 5.91 Å². The van der Waals surface area contributed by atoms with Crippen LogP contribution in [-0.4, -0.2) is 29.9 Å². The van der Waals surface area contributed by atoms with E-state index in [0.29, 0.717) is 25.3 Å². The first kappa shape index (κ1) is 20.3. The summed E-state index contributed by atoms with van der Waals surface area (Å²) in [5.74, 6) is 0.234. The van der Waals surface area contributed by atoms with Crippen LogP contribution < -0.4 is 10.1 Å². The highest BCUT2D eigenvalue weighted by Crippen LogP contribution is 2.45. The van der Waals surface area contributed by atoms with Gasteiger partial charge in [-0.2, -0.15) is 0 Å². The molecule has 0 bridgehead atoms. The van der Waals surface area contributed by atoms with Crippen LogP contribution in [0.25, 0.3) is 0 Å². The van der Waals surface area contributed by atoms with E-state index in [0.717, 1.165) is 28.9 Å². The highest BCUT2D eigenvalue weighted by molar-refractivity contribution is 6.01. The van der Waals surface area contributed by atoms with E-state index in [1.54, 1.807) is 0 Å². The van der Waals surface area contributed by atoms with Gasteiger partial charge in [0.25, 0.3) is 5.91 Å². The number of hydrogen-bond donors (Lipinski definition) is 1. The van der Waals surface area contributed by atoms with Crippen LogP contribution in [0.1, 0.15) is 51.5 Å². The van der Waals surface area contributed by atoms with Crippen LogP contribution in [-0.2, 0) is 17.8 Å². The molecule has 3 aromatic rings. The van der Waals surface area contributed by atoms with Gasteiger partial charge in [0.05, 0.1) is 18.6 Å². The first-order chi connectivity index (χ1) is 15.7. The van der Waals surface area contributed by atoms with E-state index in [9.17, 15) is 9.59 Å². The lowest BCUT2D eigenvalue weighted by atomic mass is 9.76. The normalized spacial score (nSPS) is 18.9. The van der Waals surface area contributed by atoms with Gasteiger partial charge < -0.3 is 15.0 Å². The second-order valence-electron chi connectivity index (χ2n) is 8.22. The number of carbonyl (C=O) groups is 2. The second-order valence-corrected chi connectivity index (χ2v) is 8.22. The number of carbonyl (C=O) groups excluding carboxylic acids is 2. The smallest absolute Gasteiger partial charge is 0.254 e. The maximum Gasteiger partial charge on any atom is 0.254 e. The molecular weight excluding hydrogens is 400 g/mol. The molecule has 0 saturated heterocycles. The first-order valence-electron chi connectivity index (χ1n) is 11.1. The van der Waals surface area contributed by atoms with Gasteiger partial charge in [-0.15, -0.1) is 0 Å². The molecule has 5 rings (SSSR count). The van der Waals surface area contributed by atoms with E-state index in [-0.39, 0.29) is 17.9 Å². The number of nitrogens with one attached hydrogen (secondary N) is 1. The molecule has 2 amide bonds. The molecule has 0 aromatic heterocycles. The highest BCUT2D eigenvalue weighted by Gasteiger charge is 2.46. The van der Waals surface area contributed by atoms with Crippen molar-refractivity contribution in [2.24, 2.45) is 0 Å². The Labute approximate surface area is 188 Å². The second kappa shape index (κ2) is 8.50. The van der Waals surface area contributed by atoms with Gasteiger partial charge in [-0.1, -0.05) is 60.7 Å². The molecule has 0 saturated carbocycles. The van der Waals surface area contributed by atoms with Crippen LogP contribution in [0.2, 0.25) is 0 Å². The fraction of sp³-hybridized carbons (Fsp3) is 0.259. The van der Waals surface area contributed by atoms with Crippen LogP contribution in [0.3, 0.4) is 0 Å². The summed E-state index contributed by atoms with van der Waals surface area (Å²) in [6, 6.07) is 23.1. The Kier molecular flexibility index (Phi) is 5.39. The summed E-state index contributed by atoms with van der Waals surface area (Å²) in [7, 11) is 0. The van der Waals surface area contributed by atoms with Gasteiger partial charge in [0, 0.05) is 24.2 Å². The Hall–Kier alpha value is -3.60. The molecule has 32 heavy (non-hydrogen) atoms. The summed E-state index contributed by atoms with van der Waals surface area (Å²) in [6.45, 7) is 3.50. The molecule has 0 fully saturated rings. The minimum Gasteiger partial charge on any atom is -0.494 e.